The number of amides is 4. The highest BCUT2D eigenvalue weighted by molar-refractivity contribution is 6.30. The van der Waals surface area contributed by atoms with E-state index >= 15 is 0 Å². The Morgan fingerprint density at radius 3 is 1.43 bits per heavy atom. The standard InChI is InChI=1S/C35H36N4O3/c1-34(2)23-11-7-9-13-25(23)38(5)27(34)19-17-21-15-16-22(29(21)30-31(40)36-33(42)37-32(30)41)18-20-28-35(3,4)24-12-8-10-14-26(24)39(28)6/h7-14,17-20H,15-16H2,1-6H3,(H2,36,37,40,41,42). The molecule has 6 rings (SSSR count). The first-order valence-corrected chi connectivity index (χ1v) is 14.3. The minimum absolute atomic E-state index is 0.0222. The highest BCUT2D eigenvalue weighted by Crippen LogP contribution is 2.48. The maximum Gasteiger partial charge on any atom is 0.328 e. The number of carbonyl (C=O) groups excluding carboxylic acids is 3. The van der Waals surface area contributed by atoms with Crippen LogP contribution in [0.3, 0.4) is 0 Å². The number of likely N-dealkylation sites (N-methyl/N-ethyl adjacent to an activating group) is 2. The molecule has 0 unspecified atom stereocenters. The van der Waals surface area contributed by atoms with Crippen LogP contribution in [0.15, 0.2) is 107 Å². The van der Waals surface area contributed by atoms with Crippen molar-refractivity contribution in [1.82, 2.24) is 10.6 Å². The molecule has 3 heterocycles. The number of benzene rings is 2. The summed E-state index contributed by atoms with van der Waals surface area (Å²) in [5.74, 6) is -1.34. The number of nitrogens with zero attached hydrogens (tertiary/aromatic N) is 2. The number of hydrogen-bond donors (Lipinski definition) is 2. The molecule has 0 bridgehead atoms. The second kappa shape index (κ2) is 9.72. The van der Waals surface area contributed by atoms with Gasteiger partial charge in [0.15, 0.2) is 0 Å². The van der Waals surface area contributed by atoms with Gasteiger partial charge in [0.05, 0.1) is 0 Å². The van der Waals surface area contributed by atoms with Gasteiger partial charge in [0.2, 0.25) is 0 Å². The van der Waals surface area contributed by atoms with Gasteiger partial charge in [-0.15, -0.1) is 0 Å². The molecule has 0 radical (unpaired) electrons. The summed E-state index contributed by atoms with van der Waals surface area (Å²) in [4.78, 5) is 42.4. The number of imide groups is 2. The van der Waals surface area contributed by atoms with Crippen molar-refractivity contribution >= 4 is 29.2 Å². The van der Waals surface area contributed by atoms with E-state index in [2.05, 4.69) is 111 Å². The summed E-state index contributed by atoms with van der Waals surface area (Å²) >= 11 is 0. The molecule has 4 amide bonds. The number of allylic oxidation sites excluding steroid dienone is 9. The van der Waals surface area contributed by atoms with Crippen molar-refractivity contribution in [3.8, 4) is 0 Å². The molecule has 1 saturated carbocycles. The predicted octanol–water partition coefficient (Wildman–Crippen LogP) is 5.92. The zero-order chi connectivity index (χ0) is 30.0. The third-order valence-electron chi connectivity index (χ3n) is 9.23. The first-order chi connectivity index (χ1) is 19.9. The maximum atomic E-state index is 13.1. The van der Waals surface area contributed by atoms with Crippen LogP contribution in [0.4, 0.5) is 16.2 Å². The van der Waals surface area contributed by atoms with Gasteiger partial charge in [0, 0.05) is 47.7 Å². The fraction of sp³-hybridized carbons (Fsp3) is 0.286. The second-order valence-corrected chi connectivity index (χ2v) is 12.4. The van der Waals surface area contributed by atoms with Crippen molar-refractivity contribution in [3.05, 3.63) is 118 Å². The van der Waals surface area contributed by atoms with E-state index in [1.165, 1.54) is 22.5 Å². The third-order valence-corrected chi connectivity index (χ3v) is 9.23. The zero-order valence-electron chi connectivity index (χ0n) is 25.0. The Hall–Kier alpha value is -4.65. The largest absolute Gasteiger partial charge is 0.347 e. The number of para-hydroxylation sites is 2. The van der Waals surface area contributed by atoms with Gasteiger partial charge in [0.25, 0.3) is 11.8 Å². The third kappa shape index (κ3) is 4.14. The van der Waals surface area contributed by atoms with Crippen molar-refractivity contribution < 1.29 is 14.4 Å². The molecular weight excluding hydrogens is 524 g/mol. The van der Waals surface area contributed by atoms with Crippen LogP contribution >= 0.6 is 0 Å². The van der Waals surface area contributed by atoms with Crippen LogP contribution < -0.4 is 20.4 Å². The molecule has 1 saturated heterocycles. The van der Waals surface area contributed by atoms with E-state index in [-0.39, 0.29) is 16.4 Å². The number of rotatable bonds is 2. The maximum absolute atomic E-state index is 13.1. The lowest BCUT2D eigenvalue weighted by atomic mass is 9.83. The molecule has 7 heteroatoms. The lowest BCUT2D eigenvalue weighted by molar-refractivity contribution is -0.124. The van der Waals surface area contributed by atoms with Gasteiger partial charge >= 0.3 is 6.03 Å². The van der Waals surface area contributed by atoms with Gasteiger partial charge in [-0.1, -0.05) is 76.2 Å². The van der Waals surface area contributed by atoms with Gasteiger partial charge in [-0.2, -0.15) is 0 Å². The van der Waals surface area contributed by atoms with E-state index in [4.69, 9.17) is 0 Å². The Bertz CT molecular complexity index is 1600. The molecule has 2 fully saturated rings. The summed E-state index contributed by atoms with van der Waals surface area (Å²) in [6.07, 6.45) is 9.62. The van der Waals surface area contributed by atoms with Crippen LogP contribution in [0.5, 0.6) is 0 Å². The number of barbiturate groups is 1. The minimum Gasteiger partial charge on any atom is -0.347 e. The molecular formula is C35H36N4O3. The van der Waals surface area contributed by atoms with E-state index in [0.29, 0.717) is 18.4 Å². The lowest BCUT2D eigenvalue weighted by Gasteiger charge is -2.24. The van der Waals surface area contributed by atoms with Crippen molar-refractivity contribution in [1.29, 1.82) is 0 Å². The van der Waals surface area contributed by atoms with Crippen LogP contribution in [0.2, 0.25) is 0 Å². The van der Waals surface area contributed by atoms with E-state index in [0.717, 1.165) is 22.5 Å². The zero-order valence-corrected chi connectivity index (χ0v) is 25.0. The van der Waals surface area contributed by atoms with Gasteiger partial charge < -0.3 is 9.80 Å². The van der Waals surface area contributed by atoms with E-state index < -0.39 is 17.8 Å². The number of urea groups is 1. The summed E-state index contributed by atoms with van der Waals surface area (Å²) in [6.45, 7) is 8.82. The Balaban J connectivity index is 1.45. The highest BCUT2D eigenvalue weighted by atomic mass is 16.2. The SMILES string of the molecule is CN1C(=CC=C2CCC(=CC=C3N(C)c4ccccc4C3(C)C)C2=C2C(=O)NC(=O)NC2=O)C(C)(C)c2ccccc21. The monoisotopic (exact) mass is 560 g/mol. The second-order valence-electron chi connectivity index (χ2n) is 12.4. The molecule has 0 spiro atoms. The molecule has 3 aliphatic heterocycles. The Kier molecular flexibility index (Phi) is 6.37. The van der Waals surface area contributed by atoms with Crippen LogP contribution in [0.25, 0.3) is 0 Å². The average molecular weight is 561 g/mol. The molecule has 2 N–H and O–H groups in total. The fourth-order valence-corrected chi connectivity index (χ4v) is 7.04. The molecule has 4 aliphatic rings. The number of hydrogen-bond acceptors (Lipinski definition) is 5. The quantitative estimate of drug-likeness (QED) is 0.352. The lowest BCUT2D eigenvalue weighted by Crippen LogP contribution is -2.52. The topological polar surface area (TPSA) is 81.8 Å². The van der Waals surface area contributed by atoms with Crippen LogP contribution in [0, 0.1) is 0 Å². The predicted molar refractivity (Wildman–Crippen MR) is 166 cm³/mol. The summed E-state index contributed by atoms with van der Waals surface area (Å²) < 4.78 is 0. The molecule has 7 nitrogen and oxygen atoms in total. The van der Waals surface area contributed by atoms with Gasteiger partial charge in [-0.3, -0.25) is 20.2 Å². The number of anilines is 2. The van der Waals surface area contributed by atoms with Crippen molar-refractivity contribution in [3.63, 3.8) is 0 Å². The van der Waals surface area contributed by atoms with E-state index in [9.17, 15) is 14.4 Å². The van der Waals surface area contributed by atoms with Crippen LogP contribution in [-0.2, 0) is 20.4 Å². The molecule has 0 aromatic heterocycles. The Morgan fingerprint density at radius 1 is 0.619 bits per heavy atom. The molecule has 2 aromatic carbocycles. The molecule has 1 aliphatic carbocycles. The first kappa shape index (κ1) is 27.5. The van der Waals surface area contributed by atoms with E-state index in [1.807, 2.05) is 24.3 Å². The first-order valence-electron chi connectivity index (χ1n) is 14.3. The Morgan fingerprint density at radius 2 is 1.02 bits per heavy atom. The smallest absolute Gasteiger partial charge is 0.328 e. The van der Waals surface area contributed by atoms with Crippen LogP contribution in [-0.4, -0.2) is 31.9 Å². The Labute approximate surface area is 247 Å². The minimum atomic E-state index is -0.799. The molecule has 42 heavy (non-hydrogen) atoms. The van der Waals surface area contributed by atoms with Crippen molar-refractivity contribution in [2.45, 2.75) is 51.4 Å². The number of fused-ring (bicyclic) bond motifs is 2. The van der Waals surface area contributed by atoms with Crippen molar-refractivity contribution in [2.24, 2.45) is 0 Å². The van der Waals surface area contributed by atoms with E-state index in [1.54, 1.807) is 0 Å². The molecule has 2 aromatic rings. The van der Waals surface area contributed by atoms with Gasteiger partial charge in [-0.05, 0) is 65.0 Å². The summed E-state index contributed by atoms with van der Waals surface area (Å²) in [5.41, 5.74) is 9.02. The summed E-state index contributed by atoms with van der Waals surface area (Å²) in [5, 5.41) is 4.53. The summed E-state index contributed by atoms with van der Waals surface area (Å²) in [6, 6.07) is 16.0. The normalized spacial score (nSPS) is 24.7. The average Bonchev–Trinajstić information content (AvgIpc) is 3.48. The van der Waals surface area contributed by atoms with Crippen LogP contribution in [0.1, 0.15) is 51.7 Å². The number of carbonyl (C=O) groups is 3. The van der Waals surface area contributed by atoms with Gasteiger partial charge in [-0.25, -0.2) is 4.79 Å². The summed E-state index contributed by atoms with van der Waals surface area (Å²) in [7, 11) is 4.13. The molecule has 0 atom stereocenters. The van der Waals surface area contributed by atoms with Gasteiger partial charge in [0.1, 0.15) is 5.57 Å². The molecule has 214 valence electrons. The van der Waals surface area contributed by atoms with Crippen molar-refractivity contribution in [2.75, 3.05) is 23.9 Å². The fourth-order valence-electron chi connectivity index (χ4n) is 7.04. The highest BCUT2D eigenvalue weighted by Gasteiger charge is 2.40. The number of nitrogens with one attached hydrogen (secondary N) is 2.